The molecule has 2 saturated heterocycles. The highest BCUT2D eigenvalue weighted by Crippen LogP contribution is 2.47. The van der Waals surface area contributed by atoms with Crippen LogP contribution in [0.1, 0.15) is 24.8 Å². The highest BCUT2D eigenvalue weighted by atomic mass is 35.5. The normalized spacial score (nSPS) is 34.4. The monoisotopic (exact) mass is 329 g/mol. The SMILES string of the molecule is N#CC1(c2cncc(Cl)c2)CC2CCN(C1)C2CC(F)(F)F. The van der Waals surface area contributed by atoms with Crippen LogP contribution < -0.4 is 0 Å². The van der Waals surface area contributed by atoms with Crippen LogP contribution in [0.15, 0.2) is 18.5 Å². The number of rotatable bonds is 2. The second kappa shape index (κ2) is 5.39. The average molecular weight is 330 g/mol. The lowest BCUT2D eigenvalue weighted by molar-refractivity contribution is -0.151. The number of halogens is 4. The van der Waals surface area contributed by atoms with Crippen LogP contribution >= 0.6 is 11.6 Å². The Hall–Kier alpha value is -1.32. The topological polar surface area (TPSA) is 39.9 Å². The second-order valence-corrected chi connectivity index (χ2v) is 6.63. The van der Waals surface area contributed by atoms with E-state index in [2.05, 4.69) is 11.1 Å². The van der Waals surface area contributed by atoms with E-state index in [0.29, 0.717) is 36.5 Å². The van der Waals surface area contributed by atoms with Crippen LogP contribution in [0.3, 0.4) is 0 Å². The summed E-state index contributed by atoms with van der Waals surface area (Å²) in [6, 6.07) is 3.51. The van der Waals surface area contributed by atoms with Crippen molar-refractivity contribution in [2.75, 3.05) is 13.1 Å². The van der Waals surface area contributed by atoms with Gasteiger partial charge in [-0.2, -0.15) is 18.4 Å². The van der Waals surface area contributed by atoms with Gasteiger partial charge in [0.2, 0.25) is 0 Å². The molecule has 2 aliphatic rings. The van der Waals surface area contributed by atoms with Gasteiger partial charge in [0.05, 0.1) is 22.9 Å². The number of fused-ring (bicyclic) bond motifs is 2. The maximum absolute atomic E-state index is 12.7. The quantitative estimate of drug-likeness (QED) is 0.833. The van der Waals surface area contributed by atoms with E-state index in [0.717, 1.165) is 0 Å². The number of pyridine rings is 1. The fourth-order valence-corrected chi connectivity index (χ4v) is 4.02. The highest BCUT2D eigenvalue weighted by Gasteiger charge is 2.52. The van der Waals surface area contributed by atoms with E-state index in [1.165, 1.54) is 6.20 Å². The third-order valence-corrected chi connectivity index (χ3v) is 5.00. The van der Waals surface area contributed by atoms with Crippen LogP contribution in [-0.4, -0.2) is 35.2 Å². The summed E-state index contributed by atoms with van der Waals surface area (Å²) in [5, 5.41) is 10.1. The van der Waals surface area contributed by atoms with Crippen LogP contribution in [0, 0.1) is 17.2 Å². The van der Waals surface area contributed by atoms with E-state index < -0.39 is 24.1 Å². The molecular weight excluding hydrogens is 315 g/mol. The number of hydrogen-bond acceptors (Lipinski definition) is 3. The lowest BCUT2D eigenvalue weighted by atomic mass is 9.70. The predicted octanol–water partition coefficient (Wildman–Crippen LogP) is 3.54. The van der Waals surface area contributed by atoms with E-state index in [4.69, 9.17) is 11.6 Å². The Bertz CT molecular complexity index is 597. The summed E-state index contributed by atoms with van der Waals surface area (Å²) < 4.78 is 38.2. The first kappa shape index (κ1) is 15.6. The van der Waals surface area contributed by atoms with Crippen LogP contribution in [0.5, 0.6) is 0 Å². The van der Waals surface area contributed by atoms with Crippen molar-refractivity contribution in [2.45, 2.75) is 36.9 Å². The van der Waals surface area contributed by atoms with Crippen molar-refractivity contribution in [3.8, 4) is 6.07 Å². The maximum atomic E-state index is 12.7. The van der Waals surface area contributed by atoms with Gasteiger partial charge in [0, 0.05) is 25.0 Å². The molecule has 0 spiro atoms. The summed E-state index contributed by atoms with van der Waals surface area (Å²) in [6.45, 7) is 0.922. The van der Waals surface area contributed by atoms with Gasteiger partial charge in [0.15, 0.2) is 0 Å². The molecule has 2 aliphatic heterocycles. The molecule has 4 unspecified atom stereocenters. The van der Waals surface area contributed by atoms with Gasteiger partial charge in [0.1, 0.15) is 0 Å². The summed E-state index contributed by atoms with van der Waals surface area (Å²) >= 11 is 5.95. The van der Waals surface area contributed by atoms with Gasteiger partial charge in [-0.05, 0) is 36.9 Å². The van der Waals surface area contributed by atoms with Crippen LogP contribution in [0.25, 0.3) is 0 Å². The van der Waals surface area contributed by atoms with Gasteiger partial charge in [0.25, 0.3) is 0 Å². The Morgan fingerprint density at radius 2 is 2.23 bits per heavy atom. The van der Waals surface area contributed by atoms with Crippen LogP contribution in [0.2, 0.25) is 5.02 Å². The van der Waals surface area contributed by atoms with Crippen molar-refractivity contribution in [3.05, 3.63) is 29.0 Å². The Balaban J connectivity index is 1.88. The molecule has 3 rings (SSSR count). The molecule has 1 aromatic heterocycles. The molecule has 22 heavy (non-hydrogen) atoms. The molecule has 4 atom stereocenters. The third kappa shape index (κ3) is 2.80. The minimum atomic E-state index is -4.17. The van der Waals surface area contributed by atoms with Crippen molar-refractivity contribution >= 4 is 11.6 Å². The molecule has 3 heterocycles. The van der Waals surface area contributed by atoms with Crippen molar-refractivity contribution in [3.63, 3.8) is 0 Å². The Labute approximate surface area is 131 Å². The standard InChI is InChI=1S/C15H15ClF3N3/c16-12-3-11(6-21-7-12)14(8-20)4-10-1-2-22(9-14)13(10)5-15(17,18)19/h3,6-7,10,13H,1-2,4-5,9H2. The Kier molecular flexibility index (Phi) is 3.82. The molecule has 118 valence electrons. The van der Waals surface area contributed by atoms with Gasteiger partial charge >= 0.3 is 6.18 Å². The molecule has 0 amide bonds. The number of aromatic nitrogens is 1. The lowest BCUT2D eigenvalue weighted by Crippen LogP contribution is -2.51. The number of alkyl halides is 3. The van der Waals surface area contributed by atoms with E-state index >= 15 is 0 Å². The number of nitrogens with zero attached hydrogens (tertiary/aromatic N) is 3. The highest BCUT2D eigenvalue weighted by molar-refractivity contribution is 6.30. The molecule has 3 nitrogen and oxygen atoms in total. The molecule has 2 bridgehead atoms. The van der Waals surface area contributed by atoms with E-state index in [-0.39, 0.29) is 5.92 Å². The minimum Gasteiger partial charge on any atom is -0.298 e. The first-order valence-corrected chi connectivity index (χ1v) is 7.54. The first-order valence-electron chi connectivity index (χ1n) is 7.16. The largest absolute Gasteiger partial charge is 0.390 e. The van der Waals surface area contributed by atoms with E-state index in [9.17, 15) is 18.4 Å². The summed E-state index contributed by atoms with van der Waals surface area (Å²) in [7, 11) is 0. The third-order valence-electron chi connectivity index (χ3n) is 4.80. The molecule has 7 heteroatoms. The molecule has 0 aromatic carbocycles. The Morgan fingerprint density at radius 1 is 1.45 bits per heavy atom. The number of nitriles is 1. The zero-order valence-corrected chi connectivity index (χ0v) is 12.5. The van der Waals surface area contributed by atoms with Gasteiger partial charge < -0.3 is 0 Å². The second-order valence-electron chi connectivity index (χ2n) is 6.20. The summed E-state index contributed by atoms with van der Waals surface area (Å²) in [5.74, 6) is -0.117. The number of piperidine rings is 1. The molecule has 0 radical (unpaired) electrons. The molecule has 0 aliphatic carbocycles. The fraction of sp³-hybridized carbons (Fsp3) is 0.600. The zero-order valence-electron chi connectivity index (χ0n) is 11.8. The molecular formula is C15H15ClF3N3. The molecule has 2 fully saturated rings. The zero-order chi connectivity index (χ0) is 16.0. The minimum absolute atomic E-state index is 0.117. The summed E-state index contributed by atoms with van der Waals surface area (Å²) in [5.41, 5.74) is -0.119. The van der Waals surface area contributed by atoms with Crippen LogP contribution in [0.4, 0.5) is 13.2 Å². The van der Waals surface area contributed by atoms with Crippen molar-refractivity contribution in [1.82, 2.24) is 9.88 Å². The predicted molar refractivity (Wildman–Crippen MR) is 75.3 cm³/mol. The van der Waals surface area contributed by atoms with Crippen LogP contribution in [-0.2, 0) is 5.41 Å². The van der Waals surface area contributed by atoms with Crippen molar-refractivity contribution in [2.24, 2.45) is 5.92 Å². The van der Waals surface area contributed by atoms with Gasteiger partial charge in [-0.15, -0.1) is 0 Å². The fourth-order valence-electron chi connectivity index (χ4n) is 3.84. The van der Waals surface area contributed by atoms with Crippen molar-refractivity contribution < 1.29 is 13.2 Å². The maximum Gasteiger partial charge on any atom is 0.390 e. The molecule has 0 saturated carbocycles. The lowest BCUT2D eigenvalue weighted by Gasteiger charge is -2.42. The van der Waals surface area contributed by atoms with Gasteiger partial charge in [-0.1, -0.05) is 11.6 Å². The Morgan fingerprint density at radius 3 is 2.82 bits per heavy atom. The van der Waals surface area contributed by atoms with Gasteiger partial charge in [-0.25, -0.2) is 0 Å². The molecule has 0 N–H and O–H groups in total. The number of hydrogen-bond donors (Lipinski definition) is 0. The summed E-state index contributed by atoms with van der Waals surface area (Å²) in [6.07, 6.45) is -0.746. The first-order chi connectivity index (χ1) is 10.3. The smallest absolute Gasteiger partial charge is 0.298 e. The summed E-state index contributed by atoms with van der Waals surface area (Å²) in [4.78, 5) is 5.83. The van der Waals surface area contributed by atoms with Gasteiger partial charge in [-0.3, -0.25) is 9.88 Å². The average Bonchev–Trinajstić information content (AvgIpc) is 2.69. The van der Waals surface area contributed by atoms with E-state index in [1.54, 1.807) is 12.3 Å². The van der Waals surface area contributed by atoms with Crippen molar-refractivity contribution in [1.29, 1.82) is 5.26 Å². The van der Waals surface area contributed by atoms with E-state index in [1.807, 2.05) is 4.90 Å². The molecule has 1 aromatic rings.